The molecule has 130 valence electrons. The number of nitrogens with one attached hydrogen (secondary N) is 2. The van der Waals surface area contributed by atoms with E-state index in [0.29, 0.717) is 24.5 Å². The van der Waals surface area contributed by atoms with Crippen LogP contribution >= 0.6 is 0 Å². The lowest BCUT2D eigenvalue weighted by Crippen LogP contribution is -2.49. The smallest absolute Gasteiger partial charge is 0.407 e. The lowest BCUT2D eigenvalue weighted by atomic mass is 10.0. The van der Waals surface area contributed by atoms with E-state index in [0.717, 1.165) is 13.1 Å². The van der Waals surface area contributed by atoms with E-state index in [1.807, 2.05) is 20.8 Å². The fourth-order valence-corrected chi connectivity index (χ4v) is 2.69. The molecule has 1 rings (SSSR count). The fraction of sp³-hybridized carbons (Fsp3) is 0.941. The Balaban J connectivity index is 2.42. The van der Waals surface area contributed by atoms with Gasteiger partial charge in [-0.15, -0.1) is 0 Å². The Kier molecular flexibility index (Phi) is 7.13. The molecular formula is C17H35N3O2. The maximum Gasteiger partial charge on any atom is 0.407 e. The van der Waals surface area contributed by atoms with E-state index < -0.39 is 5.60 Å². The maximum atomic E-state index is 11.8. The molecule has 5 heteroatoms. The second kappa shape index (κ2) is 8.16. The zero-order valence-corrected chi connectivity index (χ0v) is 15.4. The van der Waals surface area contributed by atoms with Gasteiger partial charge in [0.15, 0.2) is 0 Å². The molecule has 2 N–H and O–H groups in total. The number of rotatable bonds is 6. The molecule has 1 saturated heterocycles. The molecule has 0 spiro atoms. The number of carbonyl (C=O) groups is 1. The summed E-state index contributed by atoms with van der Waals surface area (Å²) in [6.07, 6.45) is 0.837. The number of likely N-dealkylation sites (tertiary alicyclic amines) is 1. The summed E-state index contributed by atoms with van der Waals surface area (Å²) in [7, 11) is 0. The van der Waals surface area contributed by atoms with Gasteiger partial charge in [0, 0.05) is 31.2 Å². The van der Waals surface area contributed by atoms with Crippen molar-refractivity contribution < 1.29 is 9.53 Å². The molecule has 0 saturated carbocycles. The maximum absolute atomic E-state index is 11.8. The molecular weight excluding hydrogens is 278 g/mol. The van der Waals surface area contributed by atoms with Crippen molar-refractivity contribution in [2.45, 2.75) is 78.6 Å². The number of ether oxygens (including phenoxy) is 1. The van der Waals surface area contributed by atoms with Gasteiger partial charge in [-0.05, 0) is 53.5 Å². The van der Waals surface area contributed by atoms with Gasteiger partial charge in [0.25, 0.3) is 0 Å². The lowest BCUT2D eigenvalue weighted by Gasteiger charge is -2.28. The Bertz CT molecular complexity index is 350. The third-order valence-electron chi connectivity index (χ3n) is 4.07. The molecule has 2 atom stereocenters. The first-order valence-corrected chi connectivity index (χ1v) is 8.55. The van der Waals surface area contributed by atoms with E-state index in [4.69, 9.17) is 4.74 Å². The van der Waals surface area contributed by atoms with Crippen LogP contribution in [0.3, 0.4) is 0 Å². The Morgan fingerprint density at radius 2 is 1.91 bits per heavy atom. The molecule has 0 bridgehead atoms. The number of alkyl carbamates (subject to hydrolysis) is 1. The molecule has 2 unspecified atom stereocenters. The van der Waals surface area contributed by atoms with Gasteiger partial charge in [0.05, 0.1) is 0 Å². The third kappa shape index (κ3) is 6.97. The summed E-state index contributed by atoms with van der Waals surface area (Å²) in [6, 6.07) is 1.38. The lowest BCUT2D eigenvalue weighted by molar-refractivity contribution is 0.0518. The first-order valence-electron chi connectivity index (χ1n) is 8.55. The van der Waals surface area contributed by atoms with Crippen LogP contribution in [-0.2, 0) is 4.74 Å². The van der Waals surface area contributed by atoms with Crippen LogP contribution in [0.15, 0.2) is 0 Å². The van der Waals surface area contributed by atoms with Crippen LogP contribution in [0.2, 0.25) is 0 Å². The van der Waals surface area contributed by atoms with E-state index in [1.165, 1.54) is 6.42 Å². The van der Waals surface area contributed by atoms with Crippen molar-refractivity contribution in [3.05, 3.63) is 0 Å². The Morgan fingerprint density at radius 3 is 2.36 bits per heavy atom. The van der Waals surface area contributed by atoms with Crippen molar-refractivity contribution in [2.24, 2.45) is 5.92 Å². The number of amides is 1. The fourth-order valence-electron chi connectivity index (χ4n) is 2.69. The largest absolute Gasteiger partial charge is 0.444 e. The minimum absolute atomic E-state index is 0.268. The summed E-state index contributed by atoms with van der Waals surface area (Å²) < 4.78 is 5.30. The Labute approximate surface area is 136 Å². The first-order chi connectivity index (χ1) is 10.1. The molecule has 1 heterocycles. The van der Waals surface area contributed by atoms with Crippen LogP contribution in [0, 0.1) is 5.92 Å². The highest BCUT2D eigenvalue weighted by Crippen LogP contribution is 2.14. The summed E-state index contributed by atoms with van der Waals surface area (Å²) in [6.45, 7) is 17.3. The van der Waals surface area contributed by atoms with Crippen LogP contribution in [0.4, 0.5) is 4.79 Å². The van der Waals surface area contributed by atoms with Crippen molar-refractivity contribution >= 4 is 6.09 Å². The predicted octanol–water partition coefficient (Wildman–Crippen LogP) is 2.61. The molecule has 0 aliphatic carbocycles. The SMILES string of the molecule is CC(C)C(CNC(=O)OC(C)(C)C)NC1CCN(C(C)C)C1. The van der Waals surface area contributed by atoms with E-state index in [1.54, 1.807) is 0 Å². The van der Waals surface area contributed by atoms with Crippen LogP contribution in [0.25, 0.3) is 0 Å². The Hall–Kier alpha value is -0.810. The van der Waals surface area contributed by atoms with Crippen molar-refractivity contribution in [3.63, 3.8) is 0 Å². The van der Waals surface area contributed by atoms with E-state index >= 15 is 0 Å². The minimum Gasteiger partial charge on any atom is -0.444 e. The Morgan fingerprint density at radius 1 is 1.27 bits per heavy atom. The summed E-state index contributed by atoms with van der Waals surface area (Å²) in [5.41, 5.74) is -0.450. The molecule has 0 radical (unpaired) electrons. The summed E-state index contributed by atoms with van der Waals surface area (Å²) >= 11 is 0. The number of nitrogens with zero attached hydrogens (tertiary/aromatic N) is 1. The standard InChI is InChI=1S/C17H35N3O2/c1-12(2)15(10-18-16(21)22-17(5,6)7)19-14-8-9-20(11-14)13(3)4/h12-15,19H,8-11H2,1-7H3,(H,18,21). The van der Waals surface area contributed by atoms with Gasteiger partial charge in [-0.2, -0.15) is 0 Å². The van der Waals surface area contributed by atoms with Crippen molar-refractivity contribution in [2.75, 3.05) is 19.6 Å². The molecule has 0 aromatic heterocycles. The van der Waals surface area contributed by atoms with Crippen molar-refractivity contribution in [3.8, 4) is 0 Å². The second-order valence-electron chi connectivity index (χ2n) is 7.97. The van der Waals surface area contributed by atoms with Crippen LogP contribution in [-0.4, -0.2) is 54.4 Å². The van der Waals surface area contributed by atoms with E-state index in [9.17, 15) is 4.79 Å². The van der Waals surface area contributed by atoms with Gasteiger partial charge in [-0.25, -0.2) is 4.79 Å². The number of carbonyl (C=O) groups excluding carboxylic acids is 1. The average molecular weight is 313 g/mol. The highest BCUT2D eigenvalue weighted by Gasteiger charge is 2.27. The van der Waals surface area contributed by atoms with Crippen molar-refractivity contribution in [1.82, 2.24) is 15.5 Å². The van der Waals surface area contributed by atoms with Crippen LogP contribution in [0.5, 0.6) is 0 Å². The van der Waals surface area contributed by atoms with Gasteiger partial charge in [-0.1, -0.05) is 13.8 Å². The molecule has 1 aliphatic heterocycles. The molecule has 1 amide bonds. The minimum atomic E-state index is -0.450. The molecule has 1 fully saturated rings. The monoisotopic (exact) mass is 313 g/mol. The highest BCUT2D eigenvalue weighted by atomic mass is 16.6. The summed E-state index contributed by atoms with van der Waals surface area (Å²) in [5.74, 6) is 0.461. The van der Waals surface area contributed by atoms with Crippen LogP contribution < -0.4 is 10.6 Å². The van der Waals surface area contributed by atoms with Gasteiger partial charge in [0.2, 0.25) is 0 Å². The average Bonchev–Trinajstić information content (AvgIpc) is 2.80. The topological polar surface area (TPSA) is 53.6 Å². The normalized spacial score (nSPS) is 21.4. The first kappa shape index (κ1) is 19.2. The summed E-state index contributed by atoms with van der Waals surface area (Å²) in [4.78, 5) is 14.3. The van der Waals surface area contributed by atoms with Gasteiger partial charge in [-0.3, -0.25) is 4.90 Å². The quantitative estimate of drug-likeness (QED) is 0.791. The molecule has 0 aromatic rings. The second-order valence-corrected chi connectivity index (χ2v) is 7.97. The summed E-state index contributed by atoms with van der Waals surface area (Å²) in [5, 5.41) is 6.60. The zero-order valence-electron chi connectivity index (χ0n) is 15.4. The van der Waals surface area contributed by atoms with E-state index in [2.05, 4.69) is 43.2 Å². The number of hydrogen-bond acceptors (Lipinski definition) is 4. The van der Waals surface area contributed by atoms with Crippen LogP contribution in [0.1, 0.15) is 54.9 Å². The van der Waals surface area contributed by atoms with Gasteiger partial charge < -0.3 is 15.4 Å². The zero-order chi connectivity index (χ0) is 16.9. The molecule has 22 heavy (non-hydrogen) atoms. The van der Waals surface area contributed by atoms with Gasteiger partial charge in [0.1, 0.15) is 5.60 Å². The van der Waals surface area contributed by atoms with Gasteiger partial charge >= 0.3 is 6.09 Å². The van der Waals surface area contributed by atoms with Crippen molar-refractivity contribution in [1.29, 1.82) is 0 Å². The highest BCUT2D eigenvalue weighted by molar-refractivity contribution is 5.67. The predicted molar refractivity (Wildman–Crippen MR) is 91.1 cm³/mol. The molecule has 1 aliphatic rings. The van der Waals surface area contributed by atoms with E-state index in [-0.39, 0.29) is 12.1 Å². The third-order valence-corrected chi connectivity index (χ3v) is 4.07. The molecule has 0 aromatic carbocycles. The molecule has 5 nitrogen and oxygen atoms in total. The number of hydrogen-bond donors (Lipinski definition) is 2.